The van der Waals surface area contributed by atoms with E-state index >= 15 is 0 Å². The second-order valence-electron chi connectivity index (χ2n) is 8.30. The van der Waals surface area contributed by atoms with Crippen LogP contribution in [0.5, 0.6) is 0 Å². The largest absolute Gasteiger partial charge is 0.345 e. The van der Waals surface area contributed by atoms with E-state index in [9.17, 15) is 4.79 Å². The van der Waals surface area contributed by atoms with Gasteiger partial charge in [0, 0.05) is 44.7 Å². The van der Waals surface area contributed by atoms with Crippen molar-refractivity contribution in [1.82, 2.24) is 19.4 Å². The number of nitrogens with zero attached hydrogens (tertiary/aromatic N) is 5. The maximum atomic E-state index is 12.6. The third-order valence-electron chi connectivity index (χ3n) is 6.18. The van der Waals surface area contributed by atoms with Crippen LogP contribution in [0.1, 0.15) is 18.7 Å². The van der Waals surface area contributed by atoms with Crippen LogP contribution in [-0.2, 0) is 13.5 Å². The highest BCUT2D eigenvalue weighted by Gasteiger charge is 2.19. The lowest BCUT2D eigenvalue weighted by atomic mass is 10.2. The van der Waals surface area contributed by atoms with E-state index < -0.39 is 0 Å². The van der Waals surface area contributed by atoms with Gasteiger partial charge in [0.15, 0.2) is 5.13 Å². The topological polar surface area (TPSA) is 54.3 Å². The van der Waals surface area contributed by atoms with Crippen LogP contribution in [0, 0.1) is 0 Å². The molecule has 32 heavy (non-hydrogen) atoms. The van der Waals surface area contributed by atoms with Gasteiger partial charge in [0.1, 0.15) is 5.82 Å². The second kappa shape index (κ2) is 9.17. The molecule has 0 N–H and O–H groups in total. The molecule has 1 aliphatic rings. The molecule has 0 spiro atoms. The Kier molecular flexibility index (Phi) is 6.13. The number of rotatable bonds is 6. The molecule has 0 unspecified atom stereocenters. The number of aryl methyl sites for hydroxylation is 1. The molecule has 2 aromatic carbocycles. The predicted octanol–water partition coefficient (Wildman–Crippen LogP) is 4.34. The molecule has 4 aromatic rings. The number of aromatic nitrogens is 3. The van der Waals surface area contributed by atoms with Gasteiger partial charge in [0.05, 0.1) is 21.1 Å². The number of hydrogen-bond donors (Lipinski definition) is 0. The summed E-state index contributed by atoms with van der Waals surface area (Å²) in [6, 6.07) is 13.7. The molecule has 166 valence electrons. The van der Waals surface area contributed by atoms with Crippen molar-refractivity contribution < 1.29 is 0 Å². The molecule has 8 heteroatoms. The van der Waals surface area contributed by atoms with Crippen LogP contribution in [0.2, 0.25) is 5.02 Å². The van der Waals surface area contributed by atoms with Crippen molar-refractivity contribution in [3.63, 3.8) is 0 Å². The molecule has 0 radical (unpaired) electrons. The highest BCUT2D eigenvalue weighted by molar-refractivity contribution is 7.22. The number of unbranched alkanes of at least 4 members (excludes halogenated alkanes) is 1. The average Bonchev–Trinajstić information content (AvgIpc) is 3.25. The van der Waals surface area contributed by atoms with E-state index in [4.69, 9.17) is 21.6 Å². The smallest absolute Gasteiger partial charge is 0.261 e. The number of benzene rings is 2. The number of fused-ring (bicyclic) bond motifs is 2. The minimum atomic E-state index is -0.0292. The normalized spacial score (nSPS) is 15.1. The SMILES string of the molecule is Cn1c(CCCCN2CCN(c3nc4ccccc4s3)CC2)nc2ccc(Cl)cc2c1=O. The van der Waals surface area contributed by atoms with Crippen LogP contribution in [0.3, 0.4) is 0 Å². The molecular formula is C24H26ClN5OS. The number of anilines is 1. The fourth-order valence-electron chi connectivity index (χ4n) is 4.29. The van der Waals surface area contributed by atoms with E-state index in [1.54, 1.807) is 35.1 Å². The summed E-state index contributed by atoms with van der Waals surface area (Å²) in [4.78, 5) is 27.1. The van der Waals surface area contributed by atoms with Gasteiger partial charge >= 0.3 is 0 Å². The van der Waals surface area contributed by atoms with Crippen molar-refractivity contribution in [3.05, 3.63) is 63.7 Å². The van der Waals surface area contributed by atoms with Gasteiger partial charge in [-0.3, -0.25) is 14.3 Å². The second-order valence-corrected chi connectivity index (χ2v) is 9.75. The quantitative estimate of drug-likeness (QED) is 0.395. The monoisotopic (exact) mass is 467 g/mol. The van der Waals surface area contributed by atoms with E-state index in [1.807, 2.05) is 12.1 Å². The molecule has 5 rings (SSSR count). The summed E-state index contributed by atoms with van der Waals surface area (Å²) in [5.41, 5.74) is 1.78. The number of para-hydroxylation sites is 1. The fraction of sp³-hybridized carbons (Fsp3) is 0.375. The van der Waals surface area contributed by atoms with Crippen LogP contribution >= 0.6 is 22.9 Å². The van der Waals surface area contributed by atoms with Crippen LogP contribution < -0.4 is 10.5 Å². The predicted molar refractivity (Wildman–Crippen MR) is 133 cm³/mol. The summed E-state index contributed by atoms with van der Waals surface area (Å²) in [6.07, 6.45) is 2.91. The highest BCUT2D eigenvalue weighted by atomic mass is 35.5. The lowest BCUT2D eigenvalue weighted by molar-refractivity contribution is 0.252. The summed E-state index contributed by atoms with van der Waals surface area (Å²) in [7, 11) is 1.80. The van der Waals surface area contributed by atoms with Crippen LogP contribution in [0.4, 0.5) is 5.13 Å². The van der Waals surface area contributed by atoms with Gasteiger partial charge in [0.25, 0.3) is 5.56 Å². The van der Waals surface area contributed by atoms with Gasteiger partial charge in [-0.25, -0.2) is 9.97 Å². The third-order valence-corrected chi connectivity index (χ3v) is 7.51. The van der Waals surface area contributed by atoms with Crippen molar-refractivity contribution in [2.24, 2.45) is 7.05 Å². The number of halogens is 1. The Hall–Kier alpha value is -2.48. The lowest BCUT2D eigenvalue weighted by Gasteiger charge is -2.34. The van der Waals surface area contributed by atoms with Gasteiger partial charge in [-0.15, -0.1) is 0 Å². The van der Waals surface area contributed by atoms with Gasteiger partial charge in [0.2, 0.25) is 0 Å². The minimum Gasteiger partial charge on any atom is -0.345 e. The first-order chi connectivity index (χ1) is 15.6. The minimum absolute atomic E-state index is 0.0292. The standard InChI is InChI=1S/C24H26ClN5OS/c1-28-22(26-19-10-9-17(25)16-18(19)23(28)31)8-4-5-11-29-12-14-30(15-13-29)24-27-20-6-2-3-7-21(20)32-24/h2-3,6-7,9-10,16H,4-5,8,11-15H2,1H3. The Morgan fingerprint density at radius 3 is 2.62 bits per heavy atom. The fourth-order valence-corrected chi connectivity index (χ4v) is 5.48. The van der Waals surface area contributed by atoms with Crippen LogP contribution in [0.15, 0.2) is 47.3 Å². The Balaban J connectivity index is 1.12. The van der Waals surface area contributed by atoms with E-state index in [-0.39, 0.29) is 5.56 Å². The van der Waals surface area contributed by atoms with Gasteiger partial charge in [-0.05, 0) is 49.7 Å². The maximum absolute atomic E-state index is 12.6. The molecule has 0 aliphatic carbocycles. The maximum Gasteiger partial charge on any atom is 0.261 e. The Bertz CT molecular complexity index is 1280. The first-order valence-corrected chi connectivity index (χ1v) is 12.3. The molecule has 0 saturated carbocycles. The number of piperazine rings is 1. The van der Waals surface area contributed by atoms with Crippen molar-refractivity contribution in [2.45, 2.75) is 19.3 Å². The zero-order valence-electron chi connectivity index (χ0n) is 18.1. The summed E-state index contributed by atoms with van der Waals surface area (Å²) in [6.45, 7) is 5.23. The van der Waals surface area contributed by atoms with E-state index in [0.29, 0.717) is 10.4 Å². The molecule has 3 heterocycles. The summed E-state index contributed by atoms with van der Waals surface area (Å²) >= 11 is 7.82. The Morgan fingerprint density at radius 1 is 1.00 bits per heavy atom. The molecule has 0 amide bonds. The Morgan fingerprint density at radius 2 is 1.81 bits per heavy atom. The molecular weight excluding hydrogens is 442 g/mol. The summed E-state index contributed by atoms with van der Waals surface area (Å²) in [5.74, 6) is 0.838. The van der Waals surface area contributed by atoms with Gasteiger partial charge in [-0.1, -0.05) is 35.1 Å². The molecule has 1 saturated heterocycles. The van der Waals surface area contributed by atoms with Crippen molar-refractivity contribution in [2.75, 3.05) is 37.6 Å². The molecule has 0 bridgehead atoms. The van der Waals surface area contributed by atoms with Crippen molar-refractivity contribution in [1.29, 1.82) is 0 Å². The van der Waals surface area contributed by atoms with E-state index in [0.717, 1.165) is 74.0 Å². The molecule has 0 atom stereocenters. The zero-order valence-corrected chi connectivity index (χ0v) is 19.7. The van der Waals surface area contributed by atoms with E-state index in [2.05, 4.69) is 28.0 Å². The molecule has 1 fully saturated rings. The first kappa shape index (κ1) is 21.4. The lowest BCUT2D eigenvalue weighted by Crippen LogP contribution is -2.46. The third kappa shape index (κ3) is 4.37. The van der Waals surface area contributed by atoms with Gasteiger partial charge in [-0.2, -0.15) is 0 Å². The van der Waals surface area contributed by atoms with E-state index in [1.165, 1.54) is 4.70 Å². The molecule has 6 nitrogen and oxygen atoms in total. The zero-order chi connectivity index (χ0) is 22.1. The van der Waals surface area contributed by atoms with Crippen LogP contribution in [-0.4, -0.2) is 52.2 Å². The highest BCUT2D eigenvalue weighted by Crippen LogP contribution is 2.29. The number of thiazole rings is 1. The Labute approximate surface area is 196 Å². The summed E-state index contributed by atoms with van der Waals surface area (Å²) < 4.78 is 2.92. The van der Waals surface area contributed by atoms with Crippen molar-refractivity contribution >= 4 is 49.2 Å². The average molecular weight is 468 g/mol. The molecule has 2 aromatic heterocycles. The number of hydrogen-bond acceptors (Lipinski definition) is 6. The summed E-state index contributed by atoms with van der Waals surface area (Å²) in [5, 5.41) is 2.28. The van der Waals surface area contributed by atoms with Gasteiger partial charge < -0.3 is 4.90 Å². The van der Waals surface area contributed by atoms with Crippen molar-refractivity contribution in [3.8, 4) is 0 Å². The first-order valence-electron chi connectivity index (χ1n) is 11.1. The van der Waals surface area contributed by atoms with Crippen LogP contribution in [0.25, 0.3) is 21.1 Å². The molecule has 1 aliphatic heterocycles.